The number of carbonyl (C=O) groups is 6. The number of hydrogen-bond acceptors (Lipinski definition) is 18. The second kappa shape index (κ2) is 19.3. The van der Waals surface area contributed by atoms with Crippen LogP contribution in [0.5, 0.6) is 17.2 Å². The highest BCUT2D eigenvalue weighted by atomic mass is 17.2. The van der Waals surface area contributed by atoms with Crippen LogP contribution in [0.15, 0.2) is 72.8 Å². The van der Waals surface area contributed by atoms with Gasteiger partial charge in [0.2, 0.25) is 0 Å². The van der Waals surface area contributed by atoms with Gasteiger partial charge in [0.25, 0.3) is 0 Å². The monoisotopic (exact) mass is 716 g/mol. The zero-order chi connectivity index (χ0) is 37.2. The van der Waals surface area contributed by atoms with Gasteiger partial charge in [-0.05, 0) is 61.0 Å². The molecule has 0 atom stereocenters. The summed E-state index contributed by atoms with van der Waals surface area (Å²) in [6, 6.07) is 17.3. The summed E-state index contributed by atoms with van der Waals surface area (Å²) in [5, 5.41) is 0. The van der Waals surface area contributed by atoms with Crippen LogP contribution in [0.3, 0.4) is 0 Å². The molecule has 0 aliphatic rings. The third-order valence-electron chi connectivity index (χ3n) is 6.71. The molecule has 0 aliphatic carbocycles. The molecule has 18 heteroatoms. The summed E-state index contributed by atoms with van der Waals surface area (Å²) in [6.45, 7) is -0.529. The molecule has 0 spiro atoms. The summed E-state index contributed by atoms with van der Waals surface area (Å²) in [4.78, 5) is 100. The third kappa shape index (κ3) is 12.3. The molecule has 0 amide bonds. The Kier molecular flexibility index (Phi) is 14.7. The summed E-state index contributed by atoms with van der Waals surface area (Å²) in [7, 11) is 4.15. The van der Waals surface area contributed by atoms with Crippen molar-refractivity contribution in [1.82, 2.24) is 0 Å². The molecular weight excluding hydrogens is 684 g/mol. The zero-order valence-electron chi connectivity index (χ0n) is 27.6. The number of ether oxygens (including phenoxy) is 6. The van der Waals surface area contributed by atoms with Gasteiger partial charge in [0.15, 0.2) is 0 Å². The normalized spacial score (nSPS) is 10.4. The highest BCUT2D eigenvalue weighted by molar-refractivity contribution is 5.90. The molecular formula is C33H32O18. The minimum atomic E-state index is -1.55. The van der Waals surface area contributed by atoms with E-state index in [2.05, 4.69) is 29.3 Å². The molecule has 0 unspecified atom stereocenters. The summed E-state index contributed by atoms with van der Waals surface area (Å²) in [5.41, 5.74) is -1.59. The number of benzene rings is 3. The van der Waals surface area contributed by atoms with E-state index < -0.39 is 61.6 Å². The van der Waals surface area contributed by atoms with E-state index >= 15 is 0 Å². The van der Waals surface area contributed by atoms with Gasteiger partial charge in [0.1, 0.15) is 37.1 Å². The number of methoxy groups -OCH3 is 3. The molecule has 3 rings (SSSR count). The minimum Gasteiger partial charge on any atom is -0.497 e. The first-order chi connectivity index (χ1) is 24.5. The molecule has 0 heterocycles. The maximum atomic E-state index is 12.3. The number of carbonyl (C=O) groups excluding carboxylic acids is 6. The van der Waals surface area contributed by atoms with E-state index in [-0.39, 0.29) is 23.1 Å². The van der Waals surface area contributed by atoms with Crippen molar-refractivity contribution < 1.29 is 86.5 Å². The van der Waals surface area contributed by atoms with Crippen LogP contribution in [0.25, 0.3) is 0 Å². The number of rotatable bonds is 13. The maximum Gasteiger partial charge on any atom is 0.549 e. The third-order valence-corrected chi connectivity index (χ3v) is 6.71. The summed E-state index contributed by atoms with van der Waals surface area (Å²) in [6.07, 6.45) is -4.55. The lowest BCUT2D eigenvalue weighted by Crippen LogP contribution is -2.39. The van der Waals surface area contributed by atoms with Gasteiger partial charge in [-0.25, -0.2) is 43.7 Å². The van der Waals surface area contributed by atoms with Gasteiger partial charge in [0, 0.05) is 0 Å². The molecule has 0 fully saturated rings. The lowest BCUT2D eigenvalue weighted by molar-refractivity contribution is -0.217. The van der Waals surface area contributed by atoms with Gasteiger partial charge in [-0.15, -0.1) is 0 Å². The predicted molar refractivity (Wildman–Crippen MR) is 165 cm³/mol. The van der Waals surface area contributed by atoms with Crippen LogP contribution in [0.1, 0.15) is 44.4 Å². The maximum absolute atomic E-state index is 12.3. The molecule has 3 aromatic carbocycles. The lowest BCUT2D eigenvalue weighted by atomic mass is 9.88. The lowest BCUT2D eigenvalue weighted by Gasteiger charge is -2.29. The van der Waals surface area contributed by atoms with Crippen molar-refractivity contribution in [2.45, 2.75) is 13.3 Å². The Labute approximate surface area is 289 Å². The second-order valence-electron chi connectivity index (χ2n) is 10.0. The Hall–Kier alpha value is -6.72. The van der Waals surface area contributed by atoms with Crippen molar-refractivity contribution in [3.05, 3.63) is 89.5 Å². The first kappa shape index (κ1) is 38.7. The fraction of sp³-hybridized carbons (Fsp3) is 0.273. The molecule has 0 saturated heterocycles. The van der Waals surface area contributed by atoms with E-state index in [0.717, 1.165) is 0 Å². The largest absolute Gasteiger partial charge is 0.549 e. The molecule has 0 aliphatic heterocycles. The fourth-order valence-corrected chi connectivity index (χ4v) is 3.75. The van der Waals surface area contributed by atoms with Gasteiger partial charge < -0.3 is 28.4 Å². The van der Waals surface area contributed by atoms with Gasteiger partial charge in [0.05, 0.1) is 43.4 Å². The Morgan fingerprint density at radius 1 is 0.471 bits per heavy atom. The molecule has 272 valence electrons. The molecule has 0 saturated carbocycles. The number of hydrogen-bond donors (Lipinski definition) is 0. The van der Waals surface area contributed by atoms with Crippen molar-refractivity contribution >= 4 is 36.4 Å². The van der Waals surface area contributed by atoms with Crippen molar-refractivity contribution in [2.75, 3.05) is 41.2 Å². The van der Waals surface area contributed by atoms with Gasteiger partial charge in [-0.1, -0.05) is 25.1 Å². The van der Waals surface area contributed by atoms with Crippen LogP contribution in [-0.2, 0) is 43.5 Å². The van der Waals surface area contributed by atoms with E-state index in [1.54, 1.807) is 18.2 Å². The van der Waals surface area contributed by atoms with Crippen molar-refractivity contribution in [3.63, 3.8) is 0 Å². The van der Waals surface area contributed by atoms with E-state index in [1.807, 2.05) is 0 Å². The van der Waals surface area contributed by atoms with Crippen LogP contribution < -0.4 is 14.2 Å². The first-order valence-corrected chi connectivity index (χ1v) is 14.6. The van der Waals surface area contributed by atoms with E-state index in [9.17, 15) is 28.8 Å². The topological polar surface area (TPSA) is 213 Å². The van der Waals surface area contributed by atoms with Crippen molar-refractivity contribution in [3.8, 4) is 17.2 Å². The Morgan fingerprint density at radius 3 is 1.02 bits per heavy atom. The molecule has 3 aromatic rings. The average Bonchev–Trinajstić information content (AvgIpc) is 3.17. The van der Waals surface area contributed by atoms with E-state index in [4.69, 9.17) is 28.4 Å². The zero-order valence-corrected chi connectivity index (χ0v) is 27.6. The summed E-state index contributed by atoms with van der Waals surface area (Å²) >= 11 is 0. The molecule has 0 aromatic heterocycles. The highest BCUT2D eigenvalue weighted by Gasteiger charge is 2.36. The van der Waals surface area contributed by atoms with Crippen LogP contribution in [0.4, 0.5) is 14.4 Å². The molecule has 51 heavy (non-hydrogen) atoms. The summed E-state index contributed by atoms with van der Waals surface area (Å²) < 4.78 is 30.2. The SMILES string of the molecule is CCC(COC(=O)OOC(=O)c1cccc(OC)c1)(COC(=O)OOC(=O)c1cccc(OC)c1)COC(=O)OOC(=O)c1cccc(OC)c1. The Balaban J connectivity index is 1.60. The van der Waals surface area contributed by atoms with E-state index in [1.165, 1.54) is 82.9 Å². The average molecular weight is 717 g/mol. The Bertz CT molecular complexity index is 1490. The minimum absolute atomic E-state index is 0.0110. The fourth-order valence-electron chi connectivity index (χ4n) is 3.75. The van der Waals surface area contributed by atoms with Gasteiger partial charge in [-0.3, -0.25) is 0 Å². The molecule has 0 radical (unpaired) electrons. The van der Waals surface area contributed by atoms with Crippen LogP contribution in [-0.4, -0.2) is 77.5 Å². The van der Waals surface area contributed by atoms with Gasteiger partial charge in [-0.2, -0.15) is 14.4 Å². The summed E-state index contributed by atoms with van der Waals surface area (Å²) in [5.74, 6) is -2.17. The van der Waals surface area contributed by atoms with Crippen LogP contribution in [0.2, 0.25) is 0 Å². The van der Waals surface area contributed by atoms with Crippen molar-refractivity contribution in [2.24, 2.45) is 5.41 Å². The quantitative estimate of drug-likeness (QED) is 0.0963. The first-order valence-electron chi connectivity index (χ1n) is 14.6. The van der Waals surface area contributed by atoms with Crippen molar-refractivity contribution in [1.29, 1.82) is 0 Å². The highest BCUT2D eigenvalue weighted by Crippen LogP contribution is 2.25. The predicted octanol–water partition coefficient (Wildman–Crippen LogP) is 5.18. The smallest absolute Gasteiger partial charge is 0.497 e. The Morgan fingerprint density at radius 2 is 0.765 bits per heavy atom. The molecule has 0 N–H and O–H groups in total. The van der Waals surface area contributed by atoms with E-state index in [0.29, 0.717) is 17.2 Å². The standard InChI is InChI=1S/C33H32O18/c1-5-33(18-43-30(37)49-46-27(34)21-9-6-12-24(15-21)40-2,19-44-31(38)50-47-28(35)22-10-7-13-25(16-22)41-3)20-45-32(39)51-48-29(36)23-11-8-14-26(17-23)42-4/h6-17H,5,18-20H2,1-4H3. The second-order valence-corrected chi connectivity index (χ2v) is 10.0. The molecule has 18 nitrogen and oxygen atoms in total. The van der Waals surface area contributed by atoms with Crippen LogP contribution in [0, 0.1) is 5.41 Å². The van der Waals surface area contributed by atoms with Gasteiger partial charge >= 0.3 is 36.4 Å². The molecule has 0 bridgehead atoms. The van der Waals surface area contributed by atoms with Crippen LogP contribution >= 0.6 is 0 Å².